The summed E-state index contributed by atoms with van der Waals surface area (Å²) >= 11 is 5.81. The third kappa shape index (κ3) is 2.44. The first kappa shape index (κ1) is 11.4. The van der Waals surface area contributed by atoms with Gasteiger partial charge >= 0.3 is 0 Å². The summed E-state index contributed by atoms with van der Waals surface area (Å²) in [6.45, 7) is 3.30. The molecule has 4 heteroatoms. The molecule has 1 aromatic carbocycles. The van der Waals surface area contributed by atoms with Crippen molar-refractivity contribution in [2.24, 2.45) is 5.73 Å². The summed E-state index contributed by atoms with van der Waals surface area (Å²) in [4.78, 5) is 0. The summed E-state index contributed by atoms with van der Waals surface area (Å²) in [5, 5.41) is 10.1. The van der Waals surface area contributed by atoms with Gasteiger partial charge in [-0.15, -0.1) is 0 Å². The maximum Gasteiger partial charge on any atom is 0.123 e. The van der Waals surface area contributed by atoms with Crippen molar-refractivity contribution in [2.45, 2.75) is 25.5 Å². The molecule has 0 radical (unpaired) electrons. The highest BCUT2D eigenvalue weighted by Crippen LogP contribution is 2.29. The van der Waals surface area contributed by atoms with Gasteiger partial charge in [-0.05, 0) is 32.0 Å². The van der Waals surface area contributed by atoms with E-state index in [1.807, 2.05) is 0 Å². The van der Waals surface area contributed by atoms with Crippen molar-refractivity contribution < 1.29 is 9.50 Å². The van der Waals surface area contributed by atoms with Gasteiger partial charge in [0, 0.05) is 16.1 Å². The van der Waals surface area contributed by atoms with E-state index in [1.165, 1.54) is 18.2 Å². The van der Waals surface area contributed by atoms with Crippen LogP contribution in [-0.2, 0) is 0 Å². The van der Waals surface area contributed by atoms with Crippen molar-refractivity contribution in [1.29, 1.82) is 0 Å². The first-order valence-electron chi connectivity index (χ1n) is 4.24. The molecule has 2 nitrogen and oxygen atoms in total. The minimum atomic E-state index is -0.981. The molecule has 0 aliphatic heterocycles. The van der Waals surface area contributed by atoms with Crippen molar-refractivity contribution in [3.8, 4) is 0 Å². The molecule has 78 valence electrons. The Hall–Kier alpha value is -0.640. The largest absolute Gasteiger partial charge is 0.386 e. The minimum absolute atomic E-state index is 0.317. The quantitative estimate of drug-likeness (QED) is 0.798. The molecule has 0 saturated heterocycles. The molecule has 0 saturated carbocycles. The molecule has 0 fully saturated rings. The standard InChI is InChI=1S/C10H13ClFNO/c1-10(2,13)9(14)7-5-6(12)3-4-8(7)11/h3-5,9,14H,13H2,1-2H3. The molecule has 1 rings (SSSR count). The fourth-order valence-corrected chi connectivity index (χ4v) is 1.35. The zero-order valence-electron chi connectivity index (χ0n) is 8.09. The van der Waals surface area contributed by atoms with Crippen molar-refractivity contribution >= 4 is 11.6 Å². The topological polar surface area (TPSA) is 46.2 Å². The van der Waals surface area contributed by atoms with Crippen LogP contribution in [0.2, 0.25) is 5.02 Å². The lowest BCUT2D eigenvalue weighted by molar-refractivity contribution is 0.104. The number of rotatable bonds is 2. The second-order valence-corrected chi connectivity index (χ2v) is 4.30. The molecule has 0 spiro atoms. The Morgan fingerprint density at radius 1 is 1.50 bits per heavy atom. The Morgan fingerprint density at radius 3 is 2.57 bits per heavy atom. The van der Waals surface area contributed by atoms with Gasteiger partial charge in [0.15, 0.2) is 0 Å². The van der Waals surface area contributed by atoms with Gasteiger partial charge in [-0.1, -0.05) is 11.6 Å². The molecule has 3 N–H and O–H groups in total. The van der Waals surface area contributed by atoms with Gasteiger partial charge in [-0.25, -0.2) is 4.39 Å². The summed E-state index contributed by atoms with van der Waals surface area (Å²) in [7, 11) is 0. The molecule has 0 bridgehead atoms. The Labute approximate surface area is 87.5 Å². The van der Waals surface area contributed by atoms with E-state index in [1.54, 1.807) is 13.8 Å². The number of hydrogen-bond acceptors (Lipinski definition) is 2. The van der Waals surface area contributed by atoms with Crippen LogP contribution in [0.15, 0.2) is 18.2 Å². The minimum Gasteiger partial charge on any atom is -0.386 e. The first-order chi connectivity index (χ1) is 6.32. The second-order valence-electron chi connectivity index (χ2n) is 3.89. The predicted molar refractivity (Wildman–Crippen MR) is 54.6 cm³/mol. The van der Waals surface area contributed by atoms with Crippen LogP contribution < -0.4 is 5.73 Å². The zero-order chi connectivity index (χ0) is 10.9. The molecule has 0 heterocycles. The van der Waals surface area contributed by atoms with E-state index in [0.717, 1.165) is 0 Å². The van der Waals surface area contributed by atoms with Crippen molar-refractivity contribution in [3.05, 3.63) is 34.6 Å². The Morgan fingerprint density at radius 2 is 2.07 bits per heavy atom. The van der Waals surface area contributed by atoms with Crippen molar-refractivity contribution in [2.75, 3.05) is 0 Å². The fourth-order valence-electron chi connectivity index (χ4n) is 1.12. The Balaban J connectivity index is 3.12. The Kier molecular flexibility index (Phi) is 3.14. The SMILES string of the molecule is CC(C)(N)C(O)c1cc(F)ccc1Cl. The second kappa shape index (κ2) is 3.85. The summed E-state index contributed by atoms with van der Waals surface area (Å²) in [6.07, 6.45) is -0.981. The van der Waals surface area contributed by atoms with Crippen LogP contribution >= 0.6 is 11.6 Å². The maximum absolute atomic E-state index is 12.9. The third-order valence-corrected chi connectivity index (χ3v) is 2.30. The van der Waals surface area contributed by atoms with Gasteiger partial charge in [0.05, 0.1) is 6.10 Å². The zero-order valence-corrected chi connectivity index (χ0v) is 8.85. The lowest BCUT2D eigenvalue weighted by atomic mass is 9.92. The summed E-state index contributed by atoms with van der Waals surface area (Å²) in [6, 6.07) is 3.84. The highest BCUT2D eigenvalue weighted by Gasteiger charge is 2.26. The highest BCUT2D eigenvalue weighted by atomic mass is 35.5. The van der Waals surface area contributed by atoms with Gasteiger partial charge < -0.3 is 10.8 Å². The molecule has 1 aromatic rings. The molecule has 1 atom stereocenters. The summed E-state index contributed by atoms with van der Waals surface area (Å²) in [5.74, 6) is -0.437. The van der Waals surface area contributed by atoms with E-state index in [4.69, 9.17) is 17.3 Å². The third-order valence-electron chi connectivity index (χ3n) is 1.96. The van der Waals surface area contributed by atoms with Crippen LogP contribution in [0.3, 0.4) is 0 Å². The van der Waals surface area contributed by atoms with Crippen LogP contribution in [0.25, 0.3) is 0 Å². The number of hydrogen-bond donors (Lipinski definition) is 2. The van der Waals surface area contributed by atoms with E-state index in [9.17, 15) is 9.50 Å². The molecule has 0 aliphatic carbocycles. The molecular weight excluding hydrogens is 205 g/mol. The van der Waals surface area contributed by atoms with Gasteiger partial charge in [0.25, 0.3) is 0 Å². The smallest absolute Gasteiger partial charge is 0.123 e. The highest BCUT2D eigenvalue weighted by molar-refractivity contribution is 6.31. The average Bonchev–Trinajstić information content (AvgIpc) is 2.06. The molecule has 0 aliphatic rings. The number of aliphatic hydroxyl groups excluding tert-OH is 1. The number of aliphatic hydroxyl groups is 1. The average molecular weight is 218 g/mol. The molecule has 14 heavy (non-hydrogen) atoms. The van der Waals surface area contributed by atoms with Crippen LogP contribution in [0.5, 0.6) is 0 Å². The van der Waals surface area contributed by atoms with Crippen molar-refractivity contribution in [1.82, 2.24) is 0 Å². The van der Waals surface area contributed by atoms with Crippen molar-refractivity contribution in [3.63, 3.8) is 0 Å². The Bertz CT molecular complexity index is 335. The van der Waals surface area contributed by atoms with E-state index < -0.39 is 17.5 Å². The van der Waals surface area contributed by atoms with E-state index in [-0.39, 0.29) is 0 Å². The van der Waals surface area contributed by atoms with Gasteiger partial charge in [-0.2, -0.15) is 0 Å². The predicted octanol–water partition coefficient (Wildman–Crippen LogP) is 2.25. The number of halogens is 2. The van der Waals surface area contributed by atoms with Gasteiger partial charge in [0.2, 0.25) is 0 Å². The number of benzene rings is 1. The summed E-state index contributed by atoms with van der Waals surface area (Å²) < 4.78 is 12.9. The van der Waals surface area contributed by atoms with E-state index in [0.29, 0.717) is 10.6 Å². The molecular formula is C10H13ClFNO. The molecule has 1 unspecified atom stereocenters. The van der Waals surface area contributed by atoms with Crippen LogP contribution in [0.1, 0.15) is 25.5 Å². The van der Waals surface area contributed by atoms with Crippen LogP contribution in [0, 0.1) is 5.82 Å². The monoisotopic (exact) mass is 217 g/mol. The van der Waals surface area contributed by atoms with Crippen LogP contribution in [0.4, 0.5) is 4.39 Å². The van der Waals surface area contributed by atoms with Gasteiger partial charge in [-0.3, -0.25) is 0 Å². The van der Waals surface area contributed by atoms with E-state index >= 15 is 0 Å². The normalized spacial score (nSPS) is 14.1. The van der Waals surface area contributed by atoms with E-state index in [2.05, 4.69) is 0 Å². The molecule has 0 aromatic heterocycles. The lowest BCUT2D eigenvalue weighted by Gasteiger charge is -2.26. The maximum atomic E-state index is 12.9. The summed E-state index contributed by atoms with van der Waals surface area (Å²) in [5.41, 5.74) is 5.17. The number of nitrogens with two attached hydrogens (primary N) is 1. The first-order valence-corrected chi connectivity index (χ1v) is 4.62. The lowest BCUT2D eigenvalue weighted by Crippen LogP contribution is -2.39. The fraction of sp³-hybridized carbons (Fsp3) is 0.400. The molecule has 0 amide bonds. The van der Waals surface area contributed by atoms with Crippen LogP contribution in [-0.4, -0.2) is 10.6 Å². The van der Waals surface area contributed by atoms with Gasteiger partial charge in [0.1, 0.15) is 5.82 Å².